The molecular formula is C25H32O12. The molecule has 2 heterocycles. The minimum Gasteiger partial charge on any atom is -0.508 e. The Labute approximate surface area is 213 Å². The van der Waals surface area contributed by atoms with Crippen LogP contribution in [-0.4, -0.2) is 94.8 Å². The molecule has 0 aromatic heterocycles. The summed E-state index contributed by atoms with van der Waals surface area (Å²) >= 11 is 0. The van der Waals surface area contributed by atoms with Crippen LogP contribution < -0.4 is 0 Å². The first-order valence-corrected chi connectivity index (χ1v) is 11.7. The number of hydrogen-bond donors (Lipinski definition) is 5. The quantitative estimate of drug-likeness (QED) is 0.210. The summed E-state index contributed by atoms with van der Waals surface area (Å²) < 4.78 is 26.8. The van der Waals surface area contributed by atoms with E-state index in [9.17, 15) is 35.1 Å². The van der Waals surface area contributed by atoms with Gasteiger partial charge in [-0.1, -0.05) is 18.2 Å². The Kier molecular flexibility index (Phi) is 10.0. The van der Waals surface area contributed by atoms with E-state index in [0.29, 0.717) is 12.0 Å². The van der Waals surface area contributed by atoms with Gasteiger partial charge in [-0.15, -0.1) is 0 Å². The second-order valence-electron chi connectivity index (χ2n) is 8.55. The lowest BCUT2D eigenvalue weighted by molar-refractivity contribution is -0.327. The highest BCUT2D eigenvalue weighted by molar-refractivity contribution is 5.90. The summed E-state index contributed by atoms with van der Waals surface area (Å²) in [5.74, 6) is -2.07. The summed E-state index contributed by atoms with van der Waals surface area (Å²) in [7, 11) is 1.18. The number of rotatable bonds is 9. The molecule has 12 heteroatoms. The summed E-state index contributed by atoms with van der Waals surface area (Å²) in [5, 5.41) is 49.1. The Bertz CT molecular complexity index is 986. The van der Waals surface area contributed by atoms with Crippen LogP contribution >= 0.6 is 0 Å². The van der Waals surface area contributed by atoms with E-state index < -0.39 is 61.5 Å². The predicted octanol–water partition coefficient (Wildman–Crippen LogP) is -0.340. The molecule has 0 bridgehead atoms. The number of hydrogen-bond acceptors (Lipinski definition) is 12. The summed E-state index contributed by atoms with van der Waals surface area (Å²) in [6, 6.07) is 6.47. The lowest BCUT2D eigenvalue weighted by Gasteiger charge is -2.41. The van der Waals surface area contributed by atoms with Gasteiger partial charge in [-0.3, -0.25) is 4.79 Å². The van der Waals surface area contributed by atoms with Gasteiger partial charge >= 0.3 is 11.9 Å². The summed E-state index contributed by atoms with van der Waals surface area (Å²) in [4.78, 5) is 25.1. The van der Waals surface area contributed by atoms with E-state index in [0.717, 1.165) is 11.8 Å². The van der Waals surface area contributed by atoms with Gasteiger partial charge in [0.2, 0.25) is 6.29 Å². The molecule has 5 N–H and O–H groups in total. The molecule has 1 unspecified atom stereocenters. The van der Waals surface area contributed by atoms with Crippen molar-refractivity contribution in [2.45, 2.75) is 56.8 Å². The molecule has 2 aliphatic rings. The van der Waals surface area contributed by atoms with Crippen LogP contribution in [0.3, 0.4) is 0 Å². The minimum absolute atomic E-state index is 0.0414. The number of ether oxygens (including phenoxy) is 5. The van der Waals surface area contributed by atoms with Gasteiger partial charge in [0.1, 0.15) is 30.2 Å². The number of aromatic hydroxyl groups is 1. The van der Waals surface area contributed by atoms with Crippen LogP contribution in [0.1, 0.15) is 18.9 Å². The monoisotopic (exact) mass is 524 g/mol. The Balaban J connectivity index is 1.71. The van der Waals surface area contributed by atoms with Crippen molar-refractivity contribution in [1.29, 1.82) is 0 Å². The number of phenols is 1. The number of aliphatic hydroxyl groups is 4. The standard InChI is InChI=1S/C25H32O12/c1-3-15-16(10-19(28)34-9-8-13-4-6-14(27)7-5-13)17(23(32)33-2)12-35-24(15)37-25-22(31)21(30)20(29)18(11-26)36-25/h3-7,12,16,18,20-22,24-27,29-31H,8-11H2,1-2H3/b15-3+/t16?,18-,20-,21+,22-,24+,25+/m1/s1. The SMILES string of the molecule is C/C=C1\C(CC(=O)OCCc2ccc(O)cc2)C(C(=O)OC)=CO[C@H]1O[C@@H]1O[C@H](CO)[C@@H](O)[C@H](O)[C@H]1O. The highest BCUT2D eigenvalue weighted by Crippen LogP contribution is 2.36. The average Bonchev–Trinajstić information content (AvgIpc) is 2.89. The fraction of sp³-hybridized carbons (Fsp3) is 0.520. The van der Waals surface area contributed by atoms with Gasteiger partial charge in [0, 0.05) is 17.9 Å². The Morgan fingerprint density at radius 2 is 1.78 bits per heavy atom. The molecule has 0 saturated carbocycles. The number of carbonyl (C=O) groups is 2. The summed E-state index contributed by atoms with van der Waals surface area (Å²) in [5.41, 5.74) is 1.23. The fourth-order valence-electron chi connectivity index (χ4n) is 4.10. The van der Waals surface area contributed by atoms with E-state index in [-0.39, 0.29) is 24.4 Å². The van der Waals surface area contributed by atoms with Gasteiger partial charge in [-0.05, 0) is 24.6 Å². The molecule has 1 aromatic carbocycles. The van der Waals surface area contributed by atoms with Crippen molar-refractivity contribution in [2.75, 3.05) is 20.3 Å². The van der Waals surface area contributed by atoms with Crippen LogP contribution in [0.4, 0.5) is 0 Å². The Hall–Kier alpha value is -3.00. The fourth-order valence-corrected chi connectivity index (χ4v) is 4.10. The van der Waals surface area contributed by atoms with Gasteiger partial charge in [-0.25, -0.2) is 4.79 Å². The molecule has 0 amide bonds. The van der Waals surface area contributed by atoms with E-state index in [2.05, 4.69) is 0 Å². The normalized spacial score (nSPS) is 30.8. The molecule has 37 heavy (non-hydrogen) atoms. The number of carbonyl (C=O) groups excluding carboxylic acids is 2. The summed E-state index contributed by atoms with van der Waals surface area (Å²) in [6.07, 6.45) is -6.02. The molecule has 1 aromatic rings. The number of methoxy groups -OCH3 is 1. The third kappa shape index (κ3) is 6.86. The number of esters is 2. The topological polar surface area (TPSA) is 181 Å². The van der Waals surface area contributed by atoms with Crippen molar-refractivity contribution in [1.82, 2.24) is 0 Å². The average molecular weight is 525 g/mol. The van der Waals surface area contributed by atoms with Crippen LogP contribution in [0.15, 0.2) is 47.7 Å². The first kappa shape index (κ1) is 28.6. The van der Waals surface area contributed by atoms with Crippen molar-refractivity contribution in [3.8, 4) is 5.75 Å². The molecule has 0 radical (unpaired) electrons. The Morgan fingerprint density at radius 3 is 2.41 bits per heavy atom. The number of phenolic OH excluding ortho intramolecular Hbond substituents is 1. The lowest BCUT2D eigenvalue weighted by Crippen LogP contribution is -2.60. The first-order chi connectivity index (χ1) is 17.7. The molecule has 7 atom stereocenters. The van der Waals surface area contributed by atoms with Gasteiger partial charge in [0.05, 0.1) is 38.6 Å². The zero-order valence-corrected chi connectivity index (χ0v) is 20.4. The maximum atomic E-state index is 12.7. The smallest absolute Gasteiger partial charge is 0.337 e. The highest BCUT2D eigenvalue weighted by Gasteiger charge is 2.46. The van der Waals surface area contributed by atoms with Crippen molar-refractivity contribution in [3.63, 3.8) is 0 Å². The van der Waals surface area contributed by atoms with E-state index in [1.54, 1.807) is 25.1 Å². The van der Waals surface area contributed by atoms with Gasteiger partial charge in [0.15, 0.2) is 6.29 Å². The number of allylic oxidation sites excluding steroid dienone is 1. The molecule has 1 fully saturated rings. The number of benzene rings is 1. The minimum atomic E-state index is -1.67. The zero-order chi connectivity index (χ0) is 27.1. The van der Waals surface area contributed by atoms with E-state index in [4.69, 9.17) is 23.7 Å². The second-order valence-corrected chi connectivity index (χ2v) is 8.55. The largest absolute Gasteiger partial charge is 0.508 e. The molecule has 3 rings (SSSR count). The summed E-state index contributed by atoms with van der Waals surface area (Å²) in [6.45, 7) is 1.06. The van der Waals surface area contributed by atoms with E-state index in [1.807, 2.05) is 0 Å². The molecule has 2 aliphatic heterocycles. The third-order valence-electron chi connectivity index (χ3n) is 6.19. The lowest BCUT2D eigenvalue weighted by atomic mass is 9.86. The molecule has 0 spiro atoms. The van der Waals surface area contributed by atoms with Crippen molar-refractivity contribution < 1.29 is 58.8 Å². The maximum absolute atomic E-state index is 12.7. The molecule has 1 saturated heterocycles. The highest BCUT2D eigenvalue weighted by atomic mass is 16.8. The van der Waals surface area contributed by atoms with Crippen molar-refractivity contribution in [2.24, 2.45) is 5.92 Å². The molecule has 0 aliphatic carbocycles. The van der Waals surface area contributed by atoms with Crippen LogP contribution in [0.5, 0.6) is 5.75 Å². The van der Waals surface area contributed by atoms with E-state index >= 15 is 0 Å². The first-order valence-electron chi connectivity index (χ1n) is 11.7. The third-order valence-corrected chi connectivity index (χ3v) is 6.19. The van der Waals surface area contributed by atoms with Crippen molar-refractivity contribution >= 4 is 11.9 Å². The van der Waals surface area contributed by atoms with Gasteiger partial charge in [-0.2, -0.15) is 0 Å². The van der Waals surface area contributed by atoms with Crippen LogP contribution in [0.25, 0.3) is 0 Å². The van der Waals surface area contributed by atoms with Gasteiger partial charge in [0.25, 0.3) is 0 Å². The molecular weight excluding hydrogens is 492 g/mol. The van der Waals surface area contributed by atoms with Gasteiger partial charge < -0.3 is 49.2 Å². The van der Waals surface area contributed by atoms with Crippen molar-refractivity contribution in [3.05, 3.63) is 53.3 Å². The molecule has 12 nitrogen and oxygen atoms in total. The predicted molar refractivity (Wildman–Crippen MR) is 124 cm³/mol. The van der Waals surface area contributed by atoms with E-state index in [1.165, 1.54) is 19.2 Å². The van der Waals surface area contributed by atoms with Crippen LogP contribution in [-0.2, 0) is 39.7 Å². The van der Waals surface area contributed by atoms with Crippen LogP contribution in [0, 0.1) is 5.92 Å². The molecule has 204 valence electrons. The Morgan fingerprint density at radius 1 is 1.08 bits per heavy atom. The number of aliphatic hydroxyl groups excluding tert-OH is 4. The van der Waals surface area contributed by atoms with Crippen LogP contribution in [0.2, 0.25) is 0 Å². The maximum Gasteiger partial charge on any atom is 0.337 e. The second kappa shape index (κ2) is 13.0. The zero-order valence-electron chi connectivity index (χ0n) is 20.4.